The number of carbonyl (C=O) groups is 1. The van der Waals surface area contributed by atoms with Crippen LogP contribution in [0.5, 0.6) is 0 Å². The number of carbonyl (C=O) groups excluding carboxylic acids is 1. The van der Waals surface area contributed by atoms with Crippen molar-refractivity contribution >= 4 is 16.0 Å². The average molecular weight is 309 g/mol. The summed E-state index contributed by atoms with van der Waals surface area (Å²) in [6.45, 7) is 0.468. The molecule has 0 bridgehead atoms. The summed E-state index contributed by atoms with van der Waals surface area (Å²) in [5.74, 6) is 0.0374. The van der Waals surface area contributed by atoms with Crippen molar-refractivity contribution in [2.45, 2.75) is 30.6 Å². The Hall–Kier alpha value is -1.40. The average Bonchev–Trinajstić information content (AvgIpc) is 3.37. The fourth-order valence-corrected chi connectivity index (χ4v) is 4.21. The summed E-state index contributed by atoms with van der Waals surface area (Å²) in [6.07, 6.45) is 4.61. The Kier molecular flexibility index (Phi) is 3.53. The molecule has 0 atom stereocenters. The molecule has 0 aliphatic heterocycles. The molecule has 114 valence electrons. The quantitative estimate of drug-likeness (QED) is 0.815. The van der Waals surface area contributed by atoms with E-state index in [2.05, 4.69) is 9.46 Å². The van der Waals surface area contributed by atoms with Crippen LogP contribution in [0, 0.1) is 11.3 Å². The van der Waals surface area contributed by atoms with Gasteiger partial charge in [0, 0.05) is 6.54 Å². The van der Waals surface area contributed by atoms with Crippen LogP contribution in [0.4, 0.5) is 0 Å². The van der Waals surface area contributed by atoms with Crippen LogP contribution < -0.4 is 4.72 Å². The molecule has 2 fully saturated rings. The lowest BCUT2D eigenvalue weighted by Gasteiger charge is -2.16. The Morgan fingerprint density at radius 3 is 2.57 bits per heavy atom. The van der Waals surface area contributed by atoms with E-state index in [1.165, 1.54) is 32.1 Å². The highest BCUT2D eigenvalue weighted by Crippen LogP contribution is 2.60. The maximum Gasteiger partial charge on any atom is 0.339 e. The molecule has 2 aliphatic carbocycles. The van der Waals surface area contributed by atoms with Gasteiger partial charge in [-0.1, -0.05) is 12.1 Å². The highest BCUT2D eigenvalue weighted by molar-refractivity contribution is 7.89. The van der Waals surface area contributed by atoms with Gasteiger partial charge in [0.1, 0.15) is 0 Å². The lowest BCUT2D eigenvalue weighted by atomic mass is 10.0. The Balaban J connectivity index is 1.80. The predicted octanol–water partition coefficient (Wildman–Crippen LogP) is 1.94. The fraction of sp³-hybridized carbons (Fsp3) is 0.533. The predicted molar refractivity (Wildman–Crippen MR) is 77.4 cm³/mol. The molecule has 0 radical (unpaired) electrons. The Morgan fingerprint density at radius 2 is 2.00 bits per heavy atom. The van der Waals surface area contributed by atoms with Crippen molar-refractivity contribution in [3.8, 4) is 0 Å². The molecule has 0 unspecified atom stereocenters. The van der Waals surface area contributed by atoms with Gasteiger partial charge in [0.15, 0.2) is 0 Å². The molecule has 5 nitrogen and oxygen atoms in total. The molecular formula is C15H19NO4S. The van der Waals surface area contributed by atoms with Crippen molar-refractivity contribution in [3.05, 3.63) is 29.8 Å². The van der Waals surface area contributed by atoms with E-state index in [9.17, 15) is 13.2 Å². The van der Waals surface area contributed by atoms with E-state index in [1.54, 1.807) is 12.1 Å². The van der Waals surface area contributed by atoms with E-state index in [1.807, 2.05) is 0 Å². The number of nitrogens with one attached hydrogen (secondary N) is 1. The van der Waals surface area contributed by atoms with Crippen molar-refractivity contribution in [1.82, 2.24) is 4.72 Å². The van der Waals surface area contributed by atoms with E-state index < -0.39 is 16.0 Å². The van der Waals surface area contributed by atoms with Crippen LogP contribution in [-0.2, 0) is 14.8 Å². The first kappa shape index (κ1) is 14.5. The van der Waals surface area contributed by atoms with E-state index in [-0.39, 0.29) is 15.9 Å². The summed E-state index contributed by atoms with van der Waals surface area (Å²) >= 11 is 0. The minimum absolute atomic E-state index is 0.0107. The van der Waals surface area contributed by atoms with Gasteiger partial charge < -0.3 is 4.74 Å². The maximum absolute atomic E-state index is 12.5. The third kappa shape index (κ3) is 2.82. The molecule has 1 aromatic carbocycles. The minimum Gasteiger partial charge on any atom is -0.465 e. The van der Waals surface area contributed by atoms with Crippen LogP contribution in [-0.4, -0.2) is 28.0 Å². The van der Waals surface area contributed by atoms with E-state index in [0.29, 0.717) is 12.5 Å². The molecule has 0 amide bonds. The Labute approximate surface area is 124 Å². The molecule has 2 saturated carbocycles. The topological polar surface area (TPSA) is 72.5 Å². The van der Waals surface area contributed by atoms with Gasteiger partial charge in [0.2, 0.25) is 10.0 Å². The highest BCUT2D eigenvalue weighted by Gasteiger charge is 2.53. The molecule has 3 rings (SSSR count). The number of benzene rings is 1. The van der Waals surface area contributed by atoms with Gasteiger partial charge in [-0.2, -0.15) is 0 Å². The zero-order valence-corrected chi connectivity index (χ0v) is 12.8. The first-order chi connectivity index (χ1) is 9.98. The SMILES string of the molecule is COC(=O)c1ccccc1S(=O)(=O)NCC1(C2CC2)CC1. The van der Waals surface area contributed by atoms with E-state index in [0.717, 1.165) is 12.8 Å². The minimum atomic E-state index is -3.70. The molecule has 2 aliphatic rings. The molecule has 0 saturated heterocycles. The molecule has 0 heterocycles. The number of hydrogen-bond acceptors (Lipinski definition) is 4. The van der Waals surface area contributed by atoms with E-state index >= 15 is 0 Å². The number of rotatable bonds is 6. The smallest absolute Gasteiger partial charge is 0.339 e. The van der Waals surface area contributed by atoms with Crippen LogP contribution in [0.15, 0.2) is 29.2 Å². The summed E-state index contributed by atoms with van der Waals surface area (Å²) in [6, 6.07) is 6.13. The van der Waals surface area contributed by atoms with Crippen LogP contribution >= 0.6 is 0 Å². The Bertz CT molecular complexity index is 660. The molecule has 0 spiro atoms. The number of esters is 1. The maximum atomic E-state index is 12.5. The normalized spacial score (nSPS) is 20.0. The monoisotopic (exact) mass is 309 g/mol. The molecule has 0 aromatic heterocycles. The zero-order valence-electron chi connectivity index (χ0n) is 12.0. The van der Waals surface area contributed by atoms with Gasteiger partial charge in [-0.05, 0) is 49.1 Å². The number of hydrogen-bond donors (Lipinski definition) is 1. The van der Waals surface area contributed by atoms with Gasteiger partial charge in [-0.25, -0.2) is 17.9 Å². The first-order valence-electron chi connectivity index (χ1n) is 7.15. The summed E-state index contributed by atoms with van der Waals surface area (Å²) in [4.78, 5) is 11.7. The molecule has 1 aromatic rings. The second-order valence-corrected chi connectivity index (χ2v) is 7.68. The molecule has 21 heavy (non-hydrogen) atoms. The lowest BCUT2D eigenvalue weighted by Crippen LogP contribution is -2.32. The summed E-state index contributed by atoms with van der Waals surface area (Å²) in [5, 5.41) is 0. The van der Waals surface area contributed by atoms with Crippen molar-refractivity contribution < 1.29 is 17.9 Å². The summed E-state index contributed by atoms with van der Waals surface area (Å²) in [5.41, 5.74) is 0.247. The van der Waals surface area contributed by atoms with Gasteiger partial charge >= 0.3 is 5.97 Å². The Morgan fingerprint density at radius 1 is 1.33 bits per heavy atom. The standard InChI is InChI=1S/C15H19NO4S/c1-20-14(17)12-4-2-3-5-13(12)21(18,19)16-10-15(8-9-15)11-6-7-11/h2-5,11,16H,6-10H2,1H3. The van der Waals surface area contributed by atoms with Crippen molar-refractivity contribution in [3.63, 3.8) is 0 Å². The molecule has 6 heteroatoms. The second-order valence-electron chi connectivity index (χ2n) is 5.95. The molecular weight excluding hydrogens is 290 g/mol. The third-order valence-corrected chi connectivity index (χ3v) is 5.99. The summed E-state index contributed by atoms with van der Waals surface area (Å²) in [7, 11) is -2.45. The van der Waals surface area contributed by atoms with Gasteiger partial charge in [-0.3, -0.25) is 0 Å². The molecule has 1 N–H and O–H groups in total. The van der Waals surface area contributed by atoms with Crippen molar-refractivity contribution in [2.24, 2.45) is 11.3 Å². The van der Waals surface area contributed by atoms with Crippen LogP contribution in [0.1, 0.15) is 36.0 Å². The van der Waals surface area contributed by atoms with Gasteiger partial charge in [0.25, 0.3) is 0 Å². The third-order valence-electron chi connectivity index (χ3n) is 4.53. The number of methoxy groups -OCH3 is 1. The van der Waals surface area contributed by atoms with Crippen molar-refractivity contribution in [2.75, 3.05) is 13.7 Å². The van der Waals surface area contributed by atoms with Crippen LogP contribution in [0.3, 0.4) is 0 Å². The first-order valence-corrected chi connectivity index (χ1v) is 8.64. The van der Waals surface area contributed by atoms with Crippen molar-refractivity contribution in [1.29, 1.82) is 0 Å². The number of sulfonamides is 1. The second kappa shape index (κ2) is 5.10. The van der Waals surface area contributed by atoms with Gasteiger partial charge in [0.05, 0.1) is 17.6 Å². The highest BCUT2D eigenvalue weighted by atomic mass is 32.2. The van der Waals surface area contributed by atoms with E-state index in [4.69, 9.17) is 0 Å². The largest absolute Gasteiger partial charge is 0.465 e. The van der Waals surface area contributed by atoms with Crippen LogP contribution in [0.25, 0.3) is 0 Å². The fourth-order valence-electron chi connectivity index (χ4n) is 2.88. The van der Waals surface area contributed by atoms with Gasteiger partial charge in [-0.15, -0.1) is 0 Å². The van der Waals surface area contributed by atoms with Crippen LogP contribution in [0.2, 0.25) is 0 Å². The lowest BCUT2D eigenvalue weighted by molar-refractivity contribution is 0.0596. The zero-order chi connectivity index (χ0) is 15.1. The number of ether oxygens (including phenoxy) is 1. The summed E-state index contributed by atoms with van der Waals surface area (Å²) < 4.78 is 32.3.